The smallest absolute Gasteiger partial charge is 0.239 e. The summed E-state index contributed by atoms with van der Waals surface area (Å²) in [6.45, 7) is 59.7. The van der Waals surface area contributed by atoms with Crippen LogP contribution < -0.4 is 4.90 Å². The van der Waals surface area contributed by atoms with Gasteiger partial charge in [0.05, 0.1) is 0 Å². The van der Waals surface area contributed by atoms with Crippen LogP contribution in [0, 0.1) is 68.1 Å². The van der Waals surface area contributed by atoms with E-state index in [-0.39, 0.29) is 22.5 Å². The van der Waals surface area contributed by atoms with Crippen molar-refractivity contribution in [1.29, 1.82) is 0 Å². The van der Waals surface area contributed by atoms with Crippen molar-refractivity contribution in [3.8, 4) is 35.8 Å². The Kier molecular flexibility index (Phi) is 41.9. The molecule has 1 amide bonds. The first-order chi connectivity index (χ1) is 35.9. The molecule has 0 heterocycles. The summed E-state index contributed by atoms with van der Waals surface area (Å²) >= 11 is 0. The van der Waals surface area contributed by atoms with Gasteiger partial charge in [-0.05, 0) is 183 Å². The van der Waals surface area contributed by atoms with E-state index in [1.807, 2.05) is 71.9 Å². The number of nitrogens with zero attached hydrogens (tertiary/aromatic N) is 1. The van der Waals surface area contributed by atoms with Gasteiger partial charge in [0.25, 0.3) is 0 Å². The molecule has 428 valence electrons. The number of allylic oxidation sites excluding steroid dienone is 10. The van der Waals surface area contributed by atoms with Crippen molar-refractivity contribution >= 4 is 17.4 Å². The molecule has 0 aromatic heterocycles. The zero-order valence-electron chi connectivity index (χ0n) is 54.6. The molecule has 0 saturated carbocycles. The number of unbranched alkanes of at least 4 members (excludes halogenated alkanes) is 1. The number of terminal acetylenes is 2. The van der Waals surface area contributed by atoms with Crippen molar-refractivity contribution in [2.75, 3.05) is 11.9 Å². The van der Waals surface area contributed by atoms with Gasteiger partial charge in [0.15, 0.2) is 0 Å². The van der Waals surface area contributed by atoms with Gasteiger partial charge in [-0.25, -0.2) is 0 Å². The van der Waals surface area contributed by atoms with Crippen molar-refractivity contribution in [1.82, 2.24) is 0 Å². The van der Waals surface area contributed by atoms with Crippen LogP contribution in [0.15, 0.2) is 127 Å². The van der Waals surface area contributed by atoms with E-state index in [0.717, 1.165) is 24.1 Å². The summed E-state index contributed by atoms with van der Waals surface area (Å²) in [4.78, 5) is 25.0. The van der Waals surface area contributed by atoms with Crippen LogP contribution in [0.2, 0.25) is 0 Å². The van der Waals surface area contributed by atoms with Crippen LogP contribution >= 0.6 is 0 Å². The molecule has 0 fully saturated rings. The molecule has 0 spiro atoms. The van der Waals surface area contributed by atoms with E-state index < -0.39 is 5.41 Å². The van der Waals surface area contributed by atoms with Gasteiger partial charge in [0.1, 0.15) is 11.2 Å². The number of para-hydroxylation sites is 1. The van der Waals surface area contributed by atoms with Crippen molar-refractivity contribution in [3.63, 3.8) is 0 Å². The molecule has 3 aromatic carbocycles. The molecule has 77 heavy (non-hydrogen) atoms. The molecule has 3 heteroatoms. The maximum Gasteiger partial charge on any atom is 0.239 e. The number of rotatable bonds is 14. The van der Waals surface area contributed by atoms with Gasteiger partial charge in [-0.3, -0.25) is 9.59 Å². The Morgan fingerprint density at radius 3 is 1.66 bits per heavy atom. The highest BCUT2D eigenvalue weighted by Gasteiger charge is 2.35. The van der Waals surface area contributed by atoms with Crippen LogP contribution in [0.4, 0.5) is 5.69 Å². The molecule has 3 nitrogen and oxygen atoms in total. The normalized spacial score (nSPS) is 12.0. The molecule has 4 rings (SSSR count). The predicted molar refractivity (Wildman–Crippen MR) is 350 cm³/mol. The van der Waals surface area contributed by atoms with Gasteiger partial charge in [-0.1, -0.05) is 230 Å². The highest BCUT2D eigenvalue weighted by Crippen LogP contribution is 2.39. The van der Waals surface area contributed by atoms with E-state index in [4.69, 9.17) is 6.42 Å². The first kappa shape index (κ1) is 77.9. The lowest BCUT2D eigenvalue weighted by atomic mass is 9.75. The zero-order valence-corrected chi connectivity index (χ0v) is 54.6. The molecule has 3 aromatic rings. The van der Waals surface area contributed by atoms with Gasteiger partial charge in [-0.2, -0.15) is 0 Å². The first-order valence-electron chi connectivity index (χ1n) is 28.8. The minimum atomic E-state index is -0.968. The fourth-order valence-electron chi connectivity index (χ4n) is 8.06. The zero-order chi connectivity index (χ0) is 60.9. The predicted octanol–water partition coefficient (Wildman–Crippen LogP) is 21.9. The third-order valence-corrected chi connectivity index (χ3v) is 13.3. The maximum absolute atomic E-state index is 12.1. The van der Waals surface area contributed by atoms with Crippen molar-refractivity contribution in [2.24, 2.45) is 22.7 Å². The molecule has 1 aliphatic carbocycles. The number of anilines is 1. The Bertz CT molecular complexity index is 2380. The Hall–Kier alpha value is -5.64. The summed E-state index contributed by atoms with van der Waals surface area (Å²) in [6, 6.07) is 18.6. The summed E-state index contributed by atoms with van der Waals surface area (Å²) in [5.74, 6) is 6.18. The number of benzene rings is 3. The second-order valence-electron chi connectivity index (χ2n) is 22.3. The molecule has 1 aliphatic rings. The summed E-state index contributed by atoms with van der Waals surface area (Å²) in [5, 5.41) is 0. The van der Waals surface area contributed by atoms with Gasteiger partial charge in [-0.15, -0.1) is 18.8 Å². The SMILES string of the molecule is C#CC.C#Cc1c(CC(C)(C)CCCC)cc(C(C)(C)C)cc1-c1c(C)cc(C)cc1C.C/C=C\C(=C/C)C(C)C.C=C(C)C(C)C(=C)CC.CC.CC.CC(=O)C(C)(C)C(=O)N(C)c1ccccc1.CC1=CCCC=C1. The van der Waals surface area contributed by atoms with Crippen molar-refractivity contribution in [3.05, 3.63) is 160 Å². The van der Waals surface area contributed by atoms with Gasteiger partial charge in [0, 0.05) is 18.3 Å². The van der Waals surface area contributed by atoms with E-state index >= 15 is 0 Å². The van der Waals surface area contributed by atoms with Crippen LogP contribution in [0.5, 0.6) is 0 Å². The third kappa shape index (κ3) is 30.8. The molecular weight excluding hydrogens is 935 g/mol. The topological polar surface area (TPSA) is 37.4 Å². The quantitative estimate of drug-likeness (QED) is 0.0698. The maximum atomic E-state index is 12.1. The molecule has 0 saturated heterocycles. The molecule has 0 aliphatic heterocycles. The Morgan fingerprint density at radius 1 is 0.818 bits per heavy atom. The molecule has 0 bridgehead atoms. The molecule has 1 atom stereocenters. The minimum absolute atomic E-state index is 0.0801. The highest BCUT2D eigenvalue weighted by atomic mass is 16.2. The second-order valence-corrected chi connectivity index (χ2v) is 22.3. The lowest BCUT2D eigenvalue weighted by Gasteiger charge is -2.29. The molecule has 1 unspecified atom stereocenters. The standard InChI is InChI=1S/C29H40.C13H17NO2.2C9H16.C7H10.C3H4.2C2H6/c1-11-13-14-29(9,10)19-23-17-24(28(6,7)8)18-26(25(23)12-2)27-21(4)15-20(3)16-22(27)5;1-10(15)13(2,3)12(16)14(4)11-8-6-5-7-9-11;1-6-8(4)9(5)7(2)3;1-5-7-9(6-2)8(3)4;1-7-5-3-2-4-6-7;1-3-2;2*1-2/h2,15-18H,11,13-14,19H2,1,3-10H3;5-9H,1-4H3;9H,2,4,6H2,1,3,5H3;5-8H,1-4H3;3,5-6H,2,4H2,1H3;1H,2H3;2*1-2H3/b;;;7-5-,9-6+;;;;. The highest BCUT2D eigenvalue weighted by molar-refractivity contribution is 6.10. The molecular formula is C74H115NO2. The number of hydrogen-bond acceptors (Lipinski definition) is 2. The number of ketones is 1. The molecule has 0 radical (unpaired) electrons. The van der Waals surface area contributed by atoms with Crippen LogP contribution in [-0.4, -0.2) is 18.7 Å². The van der Waals surface area contributed by atoms with Crippen molar-refractivity contribution in [2.45, 2.75) is 223 Å². The van der Waals surface area contributed by atoms with E-state index in [9.17, 15) is 9.59 Å². The van der Waals surface area contributed by atoms with Crippen LogP contribution in [0.25, 0.3) is 11.1 Å². The minimum Gasteiger partial charge on any atom is -0.315 e. The van der Waals surface area contributed by atoms with Gasteiger partial charge >= 0.3 is 0 Å². The lowest BCUT2D eigenvalue weighted by molar-refractivity contribution is -0.136. The first-order valence-corrected chi connectivity index (χ1v) is 28.8. The summed E-state index contributed by atoms with van der Waals surface area (Å²) in [7, 11) is 1.68. The molecule has 0 N–H and O–H groups in total. The fourth-order valence-corrected chi connectivity index (χ4v) is 8.06. The Morgan fingerprint density at radius 2 is 1.34 bits per heavy atom. The summed E-state index contributed by atoms with van der Waals surface area (Å²) in [6.07, 6.45) is 32.1. The van der Waals surface area contributed by atoms with E-state index in [1.54, 1.807) is 27.8 Å². The number of carbonyl (C=O) groups is 2. The van der Waals surface area contributed by atoms with E-state index in [1.165, 1.54) is 105 Å². The number of hydrogen-bond donors (Lipinski definition) is 0. The summed E-state index contributed by atoms with van der Waals surface area (Å²) < 4.78 is 0. The average molecular weight is 1050 g/mol. The van der Waals surface area contributed by atoms with Crippen molar-refractivity contribution < 1.29 is 9.59 Å². The fraction of sp³-hybridized carbons (Fsp3) is 0.514. The Balaban J connectivity index is -0.000000466. The van der Waals surface area contributed by atoms with Gasteiger partial charge < -0.3 is 4.90 Å². The van der Waals surface area contributed by atoms with E-state index in [2.05, 4.69) is 196 Å². The number of Topliss-reactive ketones (excluding diaryl/α,β-unsaturated/α-hetero) is 1. The van der Waals surface area contributed by atoms with Crippen LogP contribution in [0.1, 0.15) is 224 Å². The number of carbonyl (C=O) groups excluding carboxylic acids is 2. The number of aryl methyl sites for hydroxylation is 3. The van der Waals surface area contributed by atoms with Crippen LogP contribution in [-0.2, 0) is 21.4 Å². The number of amides is 1. The van der Waals surface area contributed by atoms with Crippen LogP contribution in [0.3, 0.4) is 0 Å². The largest absolute Gasteiger partial charge is 0.315 e. The summed E-state index contributed by atoms with van der Waals surface area (Å²) in [5.41, 5.74) is 15.7. The Labute approximate surface area is 478 Å². The monoisotopic (exact) mass is 1050 g/mol. The third-order valence-electron chi connectivity index (χ3n) is 13.3. The second kappa shape index (κ2) is 41.5. The average Bonchev–Trinajstić information content (AvgIpc) is 3.38. The van der Waals surface area contributed by atoms with E-state index in [0.29, 0.717) is 11.8 Å². The lowest BCUT2D eigenvalue weighted by Crippen LogP contribution is -2.42. The van der Waals surface area contributed by atoms with Gasteiger partial charge in [0.2, 0.25) is 5.91 Å².